The van der Waals surface area contributed by atoms with Crippen LogP contribution in [0.3, 0.4) is 0 Å². The summed E-state index contributed by atoms with van der Waals surface area (Å²) in [4.78, 5) is 13.2. The van der Waals surface area contributed by atoms with Gasteiger partial charge in [-0.1, -0.05) is 18.2 Å². The van der Waals surface area contributed by atoms with Crippen molar-refractivity contribution in [1.29, 1.82) is 0 Å². The van der Waals surface area contributed by atoms with Crippen molar-refractivity contribution in [1.82, 2.24) is 15.0 Å². The molecule has 7 heteroatoms. The van der Waals surface area contributed by atoms with E-state index in [9.17, 15) is 0 Å². The summed E-state index contributed by atoms with van der Waals surface area (Å²) < 4.78 is 18.7. The Kier molecular flexibility index (Phi) is 6.08. The maximum Gasteiger partial charge on any atom is 0.220 e. The van der Waals surface area contributed by atoms with Gasteiger partial charge in [-0.05, 0) is 54.6 Å². The second kappa shape index (κ2) is 9.08. The number of aromatic nitrogens is 3. The maximum atomic E-state index is 5.95. The first kappa shape index (κ1) is 20.1. The molecule has 0 saturated carbocycles. The molecular formula is C23H18IN3O3. The highest BCUT2D eigenvalue weighted by Gasteiger charge is 2.10. The number of halogens is 1. The van der Waals surface area contributed by atoms with E-state index in [0.717, 1.165) is 15.1 Å². The molecule has 0 fully saturated rings. The molecule has 6 nitrogen and oxygen atoms in total. The zero-order valence-electron chi connectivity index (χ0n) is 16.4. The first-order chi connectivity index (χ1) is 14.5. The highest BCUT2D eigenvalue weighted by molar-refractivity contribution is 14.1. The van der Waals surface area contributed by atoms with Crippen LogP contribution in [-0.2, 0) is 0 Å². The van der Waals surface area contributed by atoms with E-state index in [-0.39, 0.29) is 0 Å². The van der Waals surface area contributed by atoms with E-state index in [1.54, 1.807) is 36.4 Å². The molecule has 0 bridgehead atoms. The van der Waals surface area contributed by atoms with Crippen LogP contribution < -0.4 is 14.2 Å². The van der Waals surface area contributed by atoms with Crippen LogP contribution in [0.15, 0.2) is 72.8 Å². The molecule has 0 aliphatic heterocycles. The van der Waals surface area contributed by atoms with Gasteiger partial charge in [0.25, 0.3) is 0 Å². The van der Waals surface area contributed by atoms with Crippen molar-refractivity contribution < 1.29 is 14.2 Å². The second-order valence-electron chi connectivity index (χ2n) is 6.48. The van der Waals surface area contributed by atoms with Gasteiger partial charge in [0.2, 0.25) is 17.6 Å². The van der Waals surface area contributed by atoms with Gasteiger partial charge in [0.1, 0.15) is 20.9 Å². The van der Waals surface area contributed by atoms with Crippen molar-refractivity contribution in [2.24, 2.45) is 0 Å². The largest absolute Gasteiger partial charge is 0.439 e. The Labute approximate surface area is 188 Å². The molecule has 0 aliphatic carbocycles. The van der Waals surface area contributed by atoms with Crippen LogP contribution in [0.25, 0.3) is 0 Å². The summed E-state index contributed by atoms with van der Waals surface area (Å²) in [5, 5.41) is 0. The van der Waals surface area contributed by atoms with E-state index >= 15 is 0 Å². The van der Waals surface area contributed by atoms with Gasteiger partial charge in [0.05, 0.1) is 0 Å². The molecule has 0 amide bonds. The third-order valence-electron chi connectivity index (χ3n) is 3.94. The predicted octanol–water partition coefficient (Wildman–Crippen LogP) is 6.47. The molecule has 0 spiro atoms. The average Bonchev–Trinajstić information content (AvgIpc) is 2.68. The molecule has 0 radical (unpaired) electrons. The zero-order valence-corrected chi connectivity index (χ0v) is 18.5. The molecule has 0 unspecified atom stereocenters. The summed E-state index contributed by atoms with van der Waals surface area (Å²) in [7, 11) is 0. The number of hydrogen-bond donors (Lipinski definition) is 0. The fourth-order valence-electron chi connectivity index (χ4n) is 2.68. The van der Waals surface area contributed by atoms with Crippen molar-refractivity contribution >= 4 is 22.6 Å². The lowest BCUT2D eigenvalue weighted by molar-refractivity contribution is 0.421. The minimum absolute atomic E-state index is 0.479. The predicted molar refractivity (Wildman–Crippen MR) is 122 cm³/mol. The fraction of sp³-hybridized carbons (Fsp3) is 0.0870. The Morgan fingerprint density at radius 1 is 0.567 bits per heavy atom. The third kappa shape index (κ3) is 5.44. The van der Waals surface area contributed by atoms with Crippen LogP contribution in [0.5, 0.6) is 34.9 Å². The molecular weight excluding hydrogens is 493 g/mol. The Balaban J connectivity index is 1.67. The number of rotatable bonds is 6. The number of hydrogen-bond acceptors (Lipinski definition) is 6. The van der Waals surface area contributed by atoms with Gasteiger partial charge in [-0.15, -0.1) is 0 Å². The Hall–Kier alpha value is -3.20. The zero-order chi connectivity index (χ0) is 20.9. The quantitative estimate of drug-likeness (QED) is 0.218. The van der Waals surface area contributed by atoms with Gasteiger partial charge >= 0.3 is 0 Å². The molecule has 150 valence electrons. The second-order valence-corrected chi connectivity index (χ2v) is 7.58. The van der Waals surface area contributed by atoms with E-state index in [1.165, 1.54) is 0 Å². The van der Waals surface area contributed by atoms with E-state index in [0.29, 0.717) is 34.9 Å². The first-order valence-electron chi connectivity index (χ1n) is 9.22. The summed E-state index contributed by atoms with van der Waals surface area (Å²) in [6, 6.07) is 22.1. The normalized spacial score (nSPS) is 10.5. The van der Waals surface area contributed by atoms with Crippen LogP contribution in [0.1, 0.15) is 11.4 Å². The molecule has 1 aromatic carbocycles. The lowest BCUT2D eigenvalue weighted by atomic mass is 10.3. The van der Waals surface area contributed by atoms with Gasteiger partial charge in [0, 0.05) is 47.8 Å². The van der Waals surface area contributed by atoms with Crippen molar-refractivity contribution in [2.75, 3.05) is 0 Å². The molecule has 0 atom stereocenters. The van der Waals surface area contributed by atoms with Gasteiger partial charge in [-0.25, -0.2) is 15.0 Å². The van der Waals surface area contributed by atoms with E-state index in [1.807, 2.05) is 50.2 Å². The first-order valence-corrected chi connectivity index (χ1v) is 10.3. The summed E-state index contributed by atoms with van der Waals surface area (Å²) in [5.74, 6) is 3.03. The summed E-state index contributed by atoms with van der Waals surface area (Å²) in [6.07, 6.45) is 0. The van der Waals surface area contributed by atoms with Crippen LogP contribution in [0, 0.1) is 17.5 Å². The lowest BCUT2D eigenvalue weighted by Gasteiger charge is -2.12. The Morgan fingerprint density at radius 3 is 1.37 bits per heavy atom. The van der Waals surface area contributed by atoms with Gasteiger partial charge < -0.3 is 14.2 Å². The lowest BCUT2D eigenvalue weighted by Crippen LogP contribution is -1.95. The van der Waals surface area contributed by atoms with Crippen LogP contribution in [0.2, 0.25) is 0 Å². The molecule has 3 heterocycles. The van der Waals surface area contributed by atoms with E-state index < -0.39 is 0 Å². The molecule has 3 aromatic heterocycles. The topological polar surface area (TPSA) is 66.4 Å². The standard InChI is InChI=1S/C23H18IN3O3/c1-15-6-3-9-21(25-15)28-17-12-18(29-22-10-4-7-16(2)26-22)14-19(13-17)30-23-11-5-8-20(24)27-23/h3-14H,1-2H3. The number of aryl methyl sites for hydroxylation is 2. The van der Waals surface area contributed by atoms with E-state index in [4.69, 9.17) is 14.2 Å². The Bertz CT molecular complexity index is 1030. The molecule has 4 aromatic rings. The van der Waals surface area contributed by atoms with Crippen LogP contribution in [-0.4, -0.2) is 15.0 Å². The minimum atomic E-state index is 0.479. The van der Waals surface area contributed by atoms with Crippen molar-refractivity contribution in [3.8, 4) is 34.9 Å². The highest BCUT2D eigenvalue weighted by atomic mass is 127. The van der Waals surface area contributed by atoms with Crippen molar-refractivity contribution in [2.45, 2.75) is 13.8 Å². The third-order valence-corrected chi connectivity index (χ3v) is 4.54. The van der Waals surface area contributed by atoms with Gasteiger partial charge in [-0.3, -0.25) is 0 Å². The number of ether oxygens (including phenoxy) is 3. The fourth-order valence-corrected chi connectivity index (χ4v) is 3.13. The van der Waals surface area contributed by atoms with Gasteiger partial charge in [-0.2, -0.15) is 0 Å². The van der Waals surface area contributed by atoms with Crippen LogP contribution >= 0.6 is 22.6 Å². The summed E-state index contributed by atoms with van der Waals surface area (Å²) in [5.41, 5.74) is 1.73. The smallest absolute Gasteiger partial charge is 0.220 e. The van der Waals surface area contributed by atoms with E-state index in [2.05, 4.69) is 37.5 Å². The SMILES string of the molecule is Cc1cccc(Oc2cc(Oc3cccc(C)n3)cc(Oc3cccc(I)n3)c2)n1. The molecule has 0 N–H and O–H groups in total. The summed E-state index contributed by atoms with van der Waals surface area (Å²) >= 11 is 2.14. The maximum absolute atomic E-state index is 5.95. The van der Waals surface area contributed by atoms with Crippen molar-refractivity contribution in [3.05, 3.63) is 87.9 Å². The Morgan fingerprint density at radius 2 is 0.967 bits per heavy atom. The van der Waals surface area contributed by atoms with Gasteiger partial charge in [0.15, 0.2) is 0 Å². The number of benzene rings is 1. The number of pyridine rings is 3. The highest BCUT2D eigenvalue weighted by Crippen LogP contribution is 2.34. The van der Waals surface area contributed by atoms with Crippen molar-refractivity contribution in [3.63, 3.8) is 0 Å². The number of nitrogens with zero attached hydrogens (tertiary/aromatic N) is 3. The monoisotopic (exact) mass is 511 g/mol. The molecule has 30 heavy (non-hydrogen) atoms. The molecule has 0 saturated heterocycles. The molecule has 4 rings (SSSR count). The summed E-state index contributed by atoms with van der Waals surface area (Å²) in [6.45, 7) is 3.82. The average molecular weight is 511 g/mol. The minimum Gasteiger partial charge on any atom is -0.439 e. The van der Waals surface area contributed by atoms with Crippen LogP contribution in [0.4, 0.5) is 0 Å². The molecule has 0 aliphatic rings.